The van der Waals surface area contributed by atoms with E-state index in [1.54, 1.807) is 11.8 Å². The number of likely N-dealkylation sites (N-methyl/N-ethyl adjacent to an activating group) is 1. The average molecular weight is 289 g/mol. The molecule has 0 aromatic heterocycles. The van der Waals surface area contributed by atoms with Crippen LogP contribution in [0.5, 0.6) is 0 Å². The summed E-state index contributed by atoms with van der Waals surface area (Å²) in [7, 11) is 2.17. The topological polar surface area (TPSA) is 30.3 Å². The third-order valence-corrected chi connectivity index (χ3v) is 5.01. The van der Waals surface area contributed by atoms with Crippen LogP contribution in [0.3, 0.4) is 0 Å². The van der Waals surface area contributed by atoms with E-state index in [0.29, 0.717) is 0 Å². The van der Waals surface area contributed by atoms with Gasteiger partial charge in [-0.2, -0.15) is 5.26 Å². The number of benzene rings is 1. The van der Waals surface area contributed by atoms with Crippen molar-refractivity contribution in [1.29, 1.82) is 5.26 Å². The first kappa shape index (κ1) is 15.2. The van der Waals surface area contributed by atoms with Gasteiger partial charge in [0.25, 0.3) is 0 Å². The molecule has 0 atom stereocenters. The summed E-state index contributed by atoms with van der Waals surface area (Å²) >= 11 is 1.75. The van der Waals surface area contributed by atoms with Crippen molar-refractivity contribution in [3.63, 3.8) is 0 Å². The van der Waals surface area contributed by atoms with E-state index in [4.69, 9.17) is 0 Å². The van der Waals surface area contributed by atoms with E-state index in [0.717, 1.165) is 41.5 Å². The van der Waals surface area contributed by atoms with Crippen LogP contribution in [0.15, 0.2) is 23.1 Å². The van der Waals surface area contributed by atoms with E-state index in [1.807, 2.05) is 0 Å². The monoisotopic (exact) mass is 289 g/mol. The van der Waals surface area contributed by atoms with Crippen molar-refractivity contribution in [1.82, 2.24) is 4.90 Å². The molecular formula is C16H23N3S. The fraction of sp³-hybridized carbons (Fsp3) is 0.562. The maximum absolute atomic E-state index is 9.54. The van der Waals surface area contributed by atoms with Gasteiger partial charge in [0.15, 0.2) is 0 Å². The Kier molecular flexibility index (Phi) is 4.62. The fourth-order valence-corrected chi connectivity index (χ4v) is 3.40. The Morgan fingerprint density at radius 2 is 2.10 bits per heavy atom. The molecule has 1 saturated heterocycles. The van der Waals surface area contributed by atoms with E-state index in [-0.39, 0.29) is 5.54 Å². The minimum Gasteiger partial charge on any atom is -0.367 e. The number of piperazine rings is 1. The van der Waals surface area contributed by atoms with Crippen LogP contribution in [-0.4, -0.2) is 42.9 Å². The molecule has 2 rings (SSSR count). The molecule has 0 unspecified atom stereocenters. The van der Waals surface area contributed by atoms with Gasteiger partial charge in [-0.15, -0.1) is 11.8 Å². The molecule has 1 aromatic carbocycles. The smallest absolute Gasteiger partial charge is 0.103 e. The number of nitrogens with zero attached hydrogens (tertiary/aromatic N) is 3. The molecule has 4 heteroatoms. The first-order chi connectivity index (χ1) is 9.49. The van der Waals surface area contributed by atoms with Crippen molar-refractivity contribution in [2.24, 2.45) is 0 Å². The Hall–Kier alpha value is -1.18. The summed E-state index contributed by atoms with van der Waals surface area (Å²) in [6.07, 6.45) is 0. The van der Waals surface area contributed by atoms with Gasteiger partial charge in [0.05, 0.1) is 11.3 Å². The van der Waals surface area contributed by atoms with Crippen molar-refractivity contribution in [3.05, 3.63) is 23.8 Å². The normalized spacial score (nSPS) is 18.9. The maximum Gasteiger partial charge on any atom is 0.103 e. The lowest BCUT2D eigenvalue weighted by atomic mass is 9.98. The van der Waals surface area contributed by atoms with Gasteiger partial charge < -0.3 is 4.90 Å². The SMILES string of the molecule is CCSc1cccc(N2CCN(C)C(C)(C)C2)c1C#N. The molecule has 1 heterocycles. The quantitative estimate of drug-likeness (QED) is 0.799. The highest BCUT2D eigenvalue weighted by atomic mass is 32.2. The predicted molar refractivity (Wildman–Crippen MR) is 86.5 cm³/mol. The molecule has 0 spiro atoms. The zero-order valence-electron chi connectivity index (χ0n) is 12.8. The molecule has 0 aliphatic carbocycles. The predicted octanol–water partition coefficient (Wildman–Crippen LogP) is 3.20. The number of hydrogen-bond acceptors (Lipinski definition) is 4. The van der Waals surface area contributed by atoms with E-state index in [1.165, 1.54) is 0 Å². The summed E-state index contributed by atoms with van der Waals surface area (Å²) in [5.41, 5.74) is 2.06. The van der Waals surface area contributed by atoms with Gasteiger partial charge in [-0.25, -0.2) is 0 Å². The molecule has 1 aromatic rings. The molecule has 1 aliphatic rings. The number of nitriles is 1. The maximum atomic E-state index is 9.54. The van der Waals surface area contributed by atoms with Gasteiger partial charge in [-0.1, -0.05) is 13.0 Å². The summed E-state index contributed by atoms with van der Waals surface area (Å²) in [5.74, 6) is 0.992. The van der Waals surface area contributed by atoms with Crippen molar-refractivity contribution in [2.75, 3.05) is 37.3 Å². The lowest BCUT2D eigenvalue weighted by Gasteiger charge is -2.46. The molecule has 3 nitrogen and oxygen atoms in total. The van der Waals surface area contributed by atoms with E-state index < -0.39 is 0 Å². The Morgan fingerprint density at radius 1 is 1.35 bits per heavy atom. The number of anilines is 1. The minimum atomic E-state index is 0.138. The van der Waals surface area contributed by atoms with Crippen molar-refractivity contribution in [2.45, 2.75) is 31.2 Å². The summed E-state index contributed by atoms with van der Waals surface area (Å²) in [4.78, 5) is 5.85. The van der Waals surface area contributed by atoms with Crippen LogP contribution in [-0.2, 0) is 0 Å². The second-order valence-corrected chi connectivity index (χ2v) is 7.16. The summed E-state index contributed by atoms with van der Waals surface area (Å²) in [6.45, 7) is 9.61. The summed E-state index contributed by atoms with van der Waals surface area (Å²) in [6, 6.07) is 8.61. The summed E-state index contributed by atoms with van der Waals surface area (Å²) < 4.78 is 0. The van der Waals surface area contributed by atoms with Crippen LogP contribution in [0.25, 0.3) is 0 Å². The molecular weight excluding hydrogens is 266 g/mol. The zero-order chi connectivity index (χ0) is 14.8. The van der Waals surface area contributed by atoms with Gasteiger partial charge >= 0.3 is 0 Å². The molecule has 1 fully saturated rings. The highest BCUT2D eigenvalue weighted by molar-refractivity contribution is 7.99. The van der Waals surface area contributed by atoms with Crippen LogP contribution in [0, 0.1) is 11.3 Å². The third kappa shape index (κ3) is 2.94. The lowest BCUT2D eigenvalue weighted by molar-refractivity contribution is 0.139. The number of hydrogen-bond donors (Lipinski definition) is 0. The van der Waals surface area contributed by atoms with E-state index in [9.17, 15) is 5.26 Å². The van der Waals surface area contributed by atoms with E-state index in [2.05, 4.69) is 61.9 Å². The average Bonchev–Trinajstić information content (AvgIpc) is 2.42. The molecule has 0 saturated carbocycles. The standard InChI is InChI=1S/C16H23N3S/c1-5-20-15-8-6-7-14(13(15)11-17)19-10-9-18(4)16(2,3)12-19/h6-8H,5,9-10,12H2,1-4H3. The van der Waals surface area contributed by atoms with Crippen LogP contribution in [0.1, 0.15) is 26.3 Å². The van der Waals surface area contributed by atoms with Crippen LogP contribution < -0.4 is 4.90 Å². The molecule has 20 heavy (non-hydrogen) atoms. The summed E-state index contributed by atoms with van der Waals surface area (Å²) in [5, 5.41) is 9.54. The van der Waals surface area contributed by atoms with E-state index >= 15 is 0 Å². The molecule has 0 amide bonds. The Morgan fingerprint density at radius 3 is 2.70 bits per heavy atom. The van der Waals surface area contributed by atoms with Crippen LogP contribution >= 0.6 is 11.8 Å². The van der Waals surface area contributed by atoms with Gasteiger partial charge in [0.2, 0.25) is 0 Å². The first-order valence-corrected chi connectivity index (χ1v) is 8.10. The Labute approximate surface area is 126 Å². The Bertz CT molecular complexity index is 519. The lowest BCUT2D eigenvalue weighted by Crippen LogP contribution is -2.57. The van der Waals surface area contributed by atoms with Gasteiger partial charge in [-0.05, 0) is 38.8 Å². The van der Waals surface area contributed by atoms with Crippen molar-refractivity contribution < 1.29 is 0 Å². The van der Waals surface area contributed by atoms with Gasteiger partial charge in [0.1, 0.15) is 6.07 Å². The fourth-order valence-electron chi connectivity index (χ4n) is 2.62. The second kappa shape index (κ2) is 6.07. The molecule has 108 valence electrons. The largest absolute Gasteiger partial charge is 0.367 e. The van der Waals surface area contributed by atoms with Crippen molar-refractivity contribution in [3.8, 4) is 6.07 Å². The van der Waals surface area contributed by atoms with Gasteiger partial charge in [0, 0.05) is 30.1 Å². The zero-order valence-corrected chi connectivity index (χ0v) is 13.6. The number of rotatable bonds is 3. The Balaban J connectivity index is 2.34. The van der Waals surface area contributed by atoms with Gasteiger partial charge in [-0.3, -0.25) is 4.90 Å². The molecule has 0 N–H and O–H groups in total. The number of thioether (sulfide) groups is 1. The van der Waals surface area contributed by atoms with Crippen LogP contribution in [0.4, 0.5) is 5.69 Å². The molecule has 1 aliphatic heterocycles. The molecule has 0 radical (unpaired) electrons. The first-order valence-electron chi connectivity index (χ1n) is 7.11. The highest BCUT2D eigenvalue weighted by Crippen LogP contribution is 2.32. The second-order valence-electron chi connectivity index (χ2n) is 5.85. The van der Waals surface area contributed by atoms with Crippen LogP contribution in [0.2, 0.25) is 0 Å². The van der Waals surface area contributed by atoms with Crippen molar-refractivity contribution >= 4 is 17.4 Å². The minimum absolute atomic E-state index is 0.138. The molecule has 0 bridgehead atoms. The highest BCUT2D eigenvalue weighted by Gasteiger charge is 2.32. The third-order valence-electron chi connectivity index (χ3n) is 4.07.